The van der Waals surface area contributed by atoms with Gasteiger partial charge in [-0.2, -0.15) is 0 Å². The molecule has 2 aromatic carbocycles. The first-order valence-electron chi connectivity index (χ1n) is 12.0. The van der Waals surface area contributed by atoms with Crippen molar-refractivity contribution in [3.05, 3.63) is 59.7 Å². The molecule has 0 spiro atoms. The van der Waals surface area contributed by atoms with Crippen molar-refractivity contribution in [1.29, 1.82) is 0 Å². The number of carboxylic acid groups (broad SMARTS) is 1. The molecular formula is C27H30N2O5. The van der Waals surface area contributed by atoms with E-state index in [0.717, 1.165) is 0 Å². The van der Waals surface area contributed by atoms with E-state index in [1.54, 1.807) is 4.90 Å². The number of nitrogens with zero attached hydrogens (tertiary/aromatic N) is 1. The highest BCUT2D eigenvalue weighted by Crippen LogP contribution is 2.52. The Morgan fingerprint density at radius 2 is 1.62 bits per heavy atom. The van der Waals surface area contributed by atoms with Gasteiger partial charge < -0.3 is 20.1 Å². The lowest BCUT2D eigenvalue weighted by Crippen LogP contribution is -2.34. The number of benzene rings is 2. The fraction of sp³-hybridized carbons (Fsp3) is 0.444. The molecule has 0 aromatic heterocycles. The number of aliphatic carboxylic acids is 1. The molecular weight excluding hydrogens is 432 g/mol. The number of carbonyl (C=O) groups excluding carboxylic acids is 2. The summed E-state index contributed by atoms with van der Waals surface area (Å²) in [6, 6.07) is 16.5. The lowest BCUT2D eigenvalue weighted by molar-refractivity contribution is -0.141. The Morgan fingerprint density at radius 3 is 2.21 bits per heavy atom. The maximum Gasteiger partial charge on any atom is 0.407 e. The number of hydrogen-bond acceptors (Lipinski definition) is 4. The van der Waals surface area contributed by atoms with Gasteiger partial charge in [-0.3, -0.25) is 9.59 Å². The van der Waals surface area contributed by atoms with Crippen molar-refractivity contribution < 1.29 is 24.2 Å². The normalized spacial score (nSPS) is 23.0. The summed E-state index contributed by atoms with van der Waals surface area (Å²) < 4.78 is 5.56. The predicted molar refractivity (Wildman–Crippen MR) is 126 cm³/mol. The van der Waals surface area contributed by atoms with E-state index in [1.165, 1.54) is 22.3 Å². The van der Waals surface area contributed by atoms with Crippen LogP contribution >= 0.6 is 0 Å². The van der Waals surface area contributed by atoms with Crippen LogP contribution in [0.5, 0.6) is 0 Å². The minimum absolute atomic E-state index is 0.0297. The van der Waals surface area contributed by atoms with Gasteiger partial charge in [0.1, 0.15) is 6.61 Å². The lowest BCUT2D eigenvalue weighted by Gasteiger charge is -2.21. The molecule has 5 rings (SSSR count). The van der Waals surface area contributed by atoms with Crippen molar-refractivity contribution in [1.82, 2.24) is 10.2 Å². The maximum absolute atomic E-state index is 12.5. The highest BCUT2D eigenvalue weighted by Gasteiger charge is 2.60. The summed E-state index contributed by atoms with van der Waals surface area (Å²) in [5, 5.41) is 11.9. The van der Waals surface area contributed by atoms with Crippen molar-refractivity contribution in [3.63, 3.8) is 0 Å². The molecule has 2 aromatic rings. The Bertz CT molecular complexity index is 1060. The molecule has 2 fully saturated rings. The number of rotatable bonds is 8. The summed E-state index contributed by atoms with van der Waals surface area (Å²) in [5.41, 5.74) is 4.74. The van der Waals surface area contributed by atoms with E-state index >= 15 is 0 Å². The van der Waals surface area contributed by atoms with Gasteiger partial charge in [-0.15, -0.1) is 0 Å². The Hall–Kier alpha value is -3.35. The number of carboxylic acids is 1. The van der Waals surface area contributed by atoms with Crippen LogP contribution < -0.4 is 5.32 Å². The van der Waals surface area contributed by atoms with Gasteiger partial charge in [0, 0.05) is 32.0 Å². The second-order valence-corrected chi connectivity index (χ2v) is 9.84. The molecule has 4 atom stereocenters. The van der Waals surface area contributed by atoms with Crippen molar-refractivity contribution in [2.75, 3.05) is 26.2 Å². The smallest absolute Gasteiger partial charge is 0.407 e. The highest BCUT2D eigenvalue weighted by molar-refractivity contribution is 5.80. The van der Waals surface area contributed by atoms with Gasteiger partial charge in [0.2, 0.25) is 5.91 Å². The van der Waals surface area contributed by atoms with E-state index in [2.05, 4.69) is 29.6 Å². The zero-order chi connectivity index (χ0) is 23.8. The summed E-state index contributed by atoms with van der Waals surface area (Å²) in [5.74, 6) is -0.516. The molecule has 3 aliphatic rings. The summed E-state index contributed by atoms with van der Waals surface area (Å²) in [4.78, 5) is 37.7. The Labute approximate surface area is 199 Å². The Kier molecular flexibility index (Phi) is 6.02. The molecule has 1 saturated heterocycles. The number of piperidine rings is 1. The third-order valence-corrected chi connectivity index (χ3v) is 7.61. The van der Waals surface area contributed by atoms with Gasteiger partial charge in [0.25, 0.3) is 0 Å². The molecule has 0 radical (unpaired) electrons. The van der Waals surface area contributed by atoms with Crippen molar-refractivity contribution in [2.24, 2.45) is 23.7 Å². The van der Waals surface area contributed by atoms with Gasteiger partial charge in [-0.05, 0) is 46.4 Å². The van der Waals surface area contributed by atoms with Crippen LogP contribution in [0.15, 0.2) is 48.5 Å². The minimum Gasteiger partial charge on any atom is -0.481 e. The number of nitrogens with one attached hydrogen (secondary N) is 1. The van der Waals surface area contributed by atoms with Gasteiger partial charge in [0.15, 0.2) is 0 Å². The molecule has 1 saturated carbocycles. The Morgan fingerprint density at radius 1 is 1.03 bits per heavy atom. The molecule has 0 bridgehead atoms. The average Bonchev–Trinajstić information content (AvgIpc) is 3.18. The van der Waals surface area contributed by atoms with E-state index in [-0.39, 0.29) is 42.1 Å². The molecule has 178 valence electrons. The first kappa shape index (κ1) is 22.4. The van der Waals surface area contributed by atoms with Crippen LogP contribution in [0.2, 0.25) is 0 Å². The fourth-order valence-electron chi connectivity index (χ4n) is 5.70. The van der Waals surface area contributed by atoms with Gasteiger partial charge >= 0.3 is 12.1 Å². The lowest BCUT2D eigenvalue weighted by atomic mass is 9.98. The van der Waals surface area contributed by atoms with Crippen LogP contribution in [0.4, 0.5) is 4.79 Å². The third-order valence-electron chi connectivity index (χ3n) is 7.61. The molecule has 7 nitrogen and oxygen atoms in total. The van der Waals surface area contributed by atoms with Gasteiger partial charge in [-0.1, -0.05) is 55.5 Å². The quantitative estimate of drug-likeness (QED) is 0.623. The summed E-state index contributed by atoms with van der Waals surface area (Å²) in [6.07, 6.45) is 0.637. The second-order valence-electron chi connectivity index (χ2n) is 9.84. The maximum atomic E-state index is 12.5. The minimum atomic E-state index is -0.741. The summed E-state index contributed by atoms with van der Waals surface area (Å²) in [6.45, 7) is 3.84. The number of hydrogen-bond donors (Lipinski definition) is 2. The van der Waals surface area contributed by atoms with Crippen LogP contribution in [0, 0.1) is 23.7 Å². The Balaban J connectivity index is 1.03. The average molecular weight is 463 g/mol. The van der Waals surface area contributed by atoms with Crippen molar-refractivity contribution in [2.45, 2.75) is 25.7 Å². The number of likely N-dealkylation sites (tertiary alicyclic amines) is 1. The fourth-order valence-corrected chi connectivity index (χ4v) is 5.70. The third kappa shape index (κ3) is 4.27. The van der Waals surface area contributed by atoms with Crippen LogP contribution in [0.25, 0.3) is 11.1 Å². The monoisotopic (exact) mass is 462 g/mol. The number of carbonyl (C=O) groups is 3. The van der Waals surface area contributed by atoms with E-state index in [9.17, 15) is 14.4 Å². The first-order valence-corrected chi connectivity index (χ1v) is 12.0. The topological polar surface area (TPSA) is 95.9 Å². The molecule has 1 heterocycles. The van der Waals surface area contributed by atoms with Crippen LogP contribution in [0.3, 0.4) is 0 Å². The van der Waals surface area contributed by atoms with E-state index in [0.29, 0.717) is 32.5 Å². The molecule has 2 aliphatic carbocycles. The standard InChI is InChI=1S/C27H30N2O5/c1-16(12-24(30)29-13-21-22(14-29)25(21)26(31)32)10-11-28-27(33)34-15-23-19-8-4-2-6-17(19)18-7-3-5-9-20(18)23/h2-9,16,21-23,25H,10-15H2,1H3,(H,28,33)(H,31,32)/t16?,21-,22+,25?. The van der Waals surface area contributed by atoms with E-state index < -0.39 is 12.1 Å². The predicted octanol–water partition coefficient (Wildman–Crippen LogP) is 3.73. The number of amides is 2. The molecule has 2 N–H and O–H groups in total. The molecule has 2 unspecified atom stereocenters. The number of fused-ring (bicyclic) bond motifs is 4. The second kappa shape index (κ2) is 9.12. The molecule has 7 heteroatoms. The highest BCUT2D eigenvalue weighted by atomic mass is 16.5. The number of alkyl carbamates (subject to hydrolysis) is 1. The van der Waals surface area contributed by atoms with Gasteiger partial charge in [-0.25, -0.2) is 4.79 Å². The zero-order valence-electron chi connectivity index (χ0n) is 19.3. The molecule has 2 amide bonds. The van der Waals surface area contributed by atoms with Crippen molar-refractivity contribution >= 4 is 18.0 Å². The summed E-state index contributed by atoms with van der Waals surface area (Å²) in [7, 11) is 0. The number of ether oxygens (including phenoxy) is 1. The molecule has 34 heavy (non-hydrogen) atoms. The van der Waals surface area contributed by atoms with Crippen molar-refractivity contribution in [3.8, 4) is 11.1 Å². The van der Waals surface area contributed by atoms with E-state index in [4.69, 9.17) is 9.84 Å². The zero-order valence-corrected chi connectivity index (χ0v) is 19.3. The largest absolute Gasteiger partial charge is 0.481 e. The van der Waals surface area contributed by atoms with Crippen LogP contribution in [-0.2, 0) is 14.3 Å². The van der Waals surface area contributed by atoms with Crippen LogP contribution in [0.1, 0.15) is 36.8 Å². The van der Waals surface area contributed by atoms with Crippen LogP contribution in [-0.4, -0.2) is 54.2 Å². The SMILES string of the molecule is CC(CCNC(=O)OCC1c2ccccc2-c2ccccc21)CC(=O)N1C[C@@H]2C(C(=O)O)[C@@H]2C1. The summed E-state index contributed by atoms with van der Waals surface area (Å²) >= 11 is 0. The molecule has 1 aliphatic heterocycles. The van der Waals surface area contributed by atoms with E-state index in [1.807, 2.05) is 31.2 Å². The first-order chi connectivity index (χ1) is 16.4. The van der Waals surface area contributed by atoms with Gasteiger partial charge in [0.05, 0.1) is 5.92 Å².